The minimum absolute atomic E-state index is 0.0375. The van der Waals surface area contributed by atoms with Gasteiger partial charge in [-0.2, -0.15) is 0 Å². The Bertz CT molecular complexity index is 2020. The maximum absolute atomic E-state index is 14.9. The van der Waals surface area contributed by atoms with Crippen LogP contribution in [0.25, 0.3) is 0 Å². The predicted molar refractivity (Wildman–Crippen MR) is 278 cm³/mol. The Hall–Kier alpha value is -5.63. The largest absolute Gasteiger partial charge is 0.480 e. The van der Waals surface area contributed by atoms with Gasteiger partial charge in [-0.05, 0) is 84.2 Å². The average Bonchev–Trinajstić information content (AvgIpc) is 3.28. The Morgan fingerprint density at radius 2 is 1.19 bits per heavy atom. The Morgan fingerprint density at radius 3 is 1.66 bits per heavy atom. The van der Waals surface area contributed by atoms with Gasteiger partial charge < -0.3 is 55.4 Å². The molecular weight excluding hydrogens is 941 g/mol. The van der Waals surface area contributed by atoms with Crippen molar-refractivity contribution < 1.29 is 57.7 Å². The molecule has 1 rings (SSSR count). The van der Waals surface area contributed by atoms with E-state index in [1.165, 1.54) is 42.9 Å². The van der Waals surface area contributed by atoms with Gasteiger partial charge in [0.25, 0.3) is 0 Å². The van der Waals surface area contributed by atoms with E-state index in [0.717, 1.165) is 4.90 Å². The molecule has 0 aliphatic carbocycles. The summed E-state index contributed by atoms with van der Waals surface area (Å²) in [5.74, 6) is -7.87. The van der Waals surface area contributed by atoms with E-state index in [0.29, 0.717) is 18.4 Å². The number of hydrogen-bond acceptors (Lipinski definition) is 12. The van der Waals surface area contributed by atoms with Gasteiger partial charge in [-0.3, -0.25) is 38.4 Å². The van der Waals surface area contributed by atoms with Crippen LogP contribution in [0.3, 0.4) is 0 Å². The first-order chi connectivity index (χ1) is 33.6. The topological polar surface area (TPSA) is 253 Å². The number of carboxylic acid groups (broad SMARTS) is 1. The minimum atomic E-state index is -1.68. The number of nitrogens with one attached hydrogen (secondary N) is 4. The molecule has 0 saturated carbocycles. The van der Waals surface area contributed by atoms with Crippen molar-refractivity contribution in [2.24, 2.45) is 23.7 Å². The molecule has 0 aliphatic heterocycles. The van der Waals surface area contributed by atoms with Gasteiger partial charge in [-0.1, -0.05) is 92.1 Å². The quantitative estimate of drug-likeness (QED) is 0.0758. The summed E-state index contributed by atoms with van der Waals surface area (Å²) in [5.41, 5.74) is -1.05. The summed E-state index contributed by atoms with van der Waals surface area (Å²) in [6.07, 6.45) is 0.272. The first-order valence-corrected chi connectivity index (χ1v) is 25.3. The lowest BCUT2D eigenvalue weighted by Gasteiger charge is -2.38. The SMILES string of the molecule is CC[C@H](C)[C@@H](C(=O)N[C@@H](COC(C)(C)C)C(=O)N(C)[C@@H](Cc1ccccc1)C(=O)N(C)[C@H](C(=O)N[C@@H](CC(=O)OC(C)(C)C)C(=O)O)C(C)C)N(C)C(=O)CN(C)C(=O)[C@@H](NC(=O)[C@H](CC(C)C)NC)C(C)C. The fourth-order valence-corrected chi connectivity index (χ4v) is 8.12. The van der Waals surface area contributed by atoms with E-state index in [4.69, 9.17) is 9.47 Å². The Labute approximate surface area is 434 Å². The lowest BCUT2D eigenvalue weighted by Crippen LogP contribution is -2.62. The predicted octanol–water partition coefficient (Wildman–Crippen LogP) is 3.25. The van der Waals surface area contributed by atoms with Crippen LogP contribution in [-0.4, -0.2) is 180 Å². The number of benzene rings is 1. The van der Waals surface area contributed by atoms with Crippen molar-refractivity contribution in [1.29, 1.82) is 0 Å². The normalized spacial score (nSPS) is 15.2. The smallest absolute Gasteiger partial charge is 0.326 e. The minimum Gasteiger partial charge on any atom is -0.480 e. The van der Waals surface area contributed by atoms with Gasteiger partial charge in [0.05, 0.1) is 31.2 Å². The third kappa shape index (κ3) is 21.4. The molecule has 0 spiro atoms. The molecule has 0 saturated heterocycles. The van der Waals surface area contributed by atoms with Crippen molar-refractivity contribution in [3.8, 4) is 0 Å². The van der Waals surface area contributed by atoms with Crippen molar-refractivity contribution in [3.63, 3.8) is 0 Å². The van der Waals surface area contributed by atoms with Gasteiger partial charge in [-0.15, -0.1) is 0 Å². The average molecular weight is 1030 g/mol. The maximum atomic E-state index is 14.9. The second kappa shape index (κ2) is 29.3. The number of rotatable bonds is 28. The summed E-state index contributed by atoms with van der Waals surface area (Å²) in [5, 5.41) is 21.1. The summed E-state index contributed by atoms with van der Waals surface area (Å²) < 4.78 is 11.4. The van der Waals surface area contributed by atoms with Crippen LogP contribution in [0.15, 0.2) is 30.3 Å². The van der Waals surface area contributed by atoms with Gasteiger partial charge in [0.1, 0.15) is 41.9 Å². The van der Waals surface area contributed by atoms with Crippen molar-refractivity contribution >= 4 is 53.3 Å². The van der Waals surface area contributed by atoms with E-state index in [9.17, 15) is 48.3 Å². The molecule has 8 atom stereocenters. The summed E-state index contributed by atoms with van der Waals surface area (Å²) >= 11 is 0. The molecule has 0 fully saturated rings. The number of amides is 7. The van der Waals surface area contributed by atoms with Crippen molar-refractivity contribution in [1.82, 2.24) is 40.9 Å². The number of ether oxygens (including phenoxy) is 2. The molecular formula is C53H90N8O12. The zero-order chi connectivity index (χ0) is 56.5. The summed E-state index contributed by atoms with van der Waals surface area (Å²) in [6.45, 7) is 23.9. The number of aliphatic carboxylic acids is 1. The van der Waals surface area contributed by atoms with Crippen LogP contribution in [0.2, 0.25) is 0 Å². The molecule has 0 aliphatic rings. The molecule has 0 radical (unpaired) electrons. The summed E-state index contributed by atoms with van der Waals surface area (Å²) in [6, 6.07) is 0.577. The van der Waals surface area contributed by atoms with E-state index < -0.39 is 126 Å². The molecule has 5 N–H and O–H groups in total. The summed E-state index contributed by atoms with van der Waals surface area (Å²) in [7, 11) is 7.34. The number of nitrogens with zero attached hydrogens (tertiary/aromatic N) is 4. The van der Waals surface area contributed by atoms with Crippen molar-refractivity contribution in [2.75, 3.05) is 48.4 Å². The second-order valence-electron chi connectivity index (χ2n) is 22.2. The highest BCUT2D eigenvalue weighted by Crippen LogP contribution is 2.21. The number of hydrogen-bond donors (Lipinski definition) is 5. The lowest BCUT2D eigenvalue weighted by molar-refractivity contribution is -0.159. The first kappa shape index (κ1) is 65.4. The third-order valence-corrected chi connectivity index (χ3v) is 12.4. The lowest BCUT2D eigenvalue weighted by atomic mass is 9.96. The van der Waals surface area contributed by atoms with Crippen LogP contribution < -0.4 is 21.3 Å². The molecule has 7 amide bonds. The highest BCUT2D eigenvalue weighted by Gasteiger charge is 2.42. The molecule has 0 unspecified atom stereocenters. The van der Waals surface area contributed by atoms with Crippen LogP contribution >= 0.6 is 0 Å². The number of esters is 1. The molecule has 1 aromatic rings. The van der Waals surface area contributed by atoms with Crippen molar-refractivity contribution in [3.05, 3.63) is 35.9 Å². The van der Waals surface area contributed by atoms with Gasteiger partial charge in [0.15, 0.2) is 0 Å². The molecule has 0 aromatic heterocycles. The van der Waals surface area contributed by atoms with E-state index in [1.807, 2.05) is 20.8 Å². The summed E-state index contributed by atoms with van der Waals surface area (Å²) in [4.78, 5) is 129. The molecule has 1 aromatic carbocycles. The monoisotopic (exact) mass is 1030 g/mol. The highest BCUT2D eigenvalue weighted by molar-refractivity contribution is 5.97. The molecule has 73 heavy (non-hydrogen) atoms. The molecule has 0 heterocycles. The van der Waals surface area contributed by atoms with E-state index in [-0.39, 0.29) is 30.8 Å². The van der Waals surface area contributed by atoms with Gasteiger partial charge in [0.2, 0.25) is 41.4 Å². The van der Waals surface area contributed by atoms with Crippen LogP contribution in [0.4, 0.5) is 0 Å². The Morgan fingerprint density at radius 1 is 0.644 bits per heavy atom. The van der Waals surface area contributed by atoms with Crippen LogP contribution in [0.5, 0.6) is 0 Å². The Kier molecular flexibility index (Phi) is 26.3. The number of carbonyl (C=O) groups is 9. The molecule has 20 heteroatoms. The second-order valence-corrected chi connectivity index (χ2v) is 22.2. The van der Waals surface area contributed by atoms with Crippen LogP contribution in [-0.2, 0) is 59.0 Å². The Balaban J connectivity index is 3.67. The third-order valence-electron chi connectivity index (χ3n) is 12.4. The first-order valence-electron chi connectivity index (χ1n) is 25.3. The highest BCUT2D eigenvalue weighted by atomic mass is 16.6. The van der Waals surface area contributed by atoms with Gasteiger partial charge >= 0.3 is 11.9 Å². The zero-order valence-corrected chi connectivity index (χ0v) is 47.2. The van der Waals surface area contributed by atoms with Crippen molar-refractivity contribution in [2.45, 2.75) is 176 Å². The zero-order valence-electron chi connectivity index (χ0n) is 47.2. The number of likely N-dealkylation sites (N-methyl/N-ethyl adjacent to an activating group) is 5. The molecule has 20 nitrogen and oxygen atoms in total. The fraction of sp³-hybridized carbons (Fsp3) is 0.717. The fourth-order valence-electron chi connectivity index (χ4n) is 8.12. The maximum Gasteiger partial charge on any atom is 0.326 e. The van der Waals surface area contributed by atoms with E-state index >= 15 is 0 Å². The molecule has 414 valence electrons. The number of carbonyl (C=O) groups excluding carboxylic acids is 8. The number of carboxylic acids is 1. The standard InChI is InChI=1S/C53H90N8O12/c1-20-34(8)44(60(18)40(62)29-58(16)50(69)42(32(4)5)57-45(64)36(54-15)26-31(2)3)47(66)56-38(30-72-52(9,10)11)48(67)59(17)39(27-35-24-22-21-23-25-35)49(68)61(19)43(33(6)7)46(65)55-37(51(70)71)28-41(63)73-53(12,13)14/h21-25,31-34,36-39,42-44,54H,20,26-30H2,1-19H3,(H,55,65)(H,56,66)(H,57,64)(H,70,71)/t34-,36-,37-,38-,39-,42-,43-,44-/m0/s1. The van der Waals surface area contributed by atoms with E-state index in [2.05, 4.69) is 21.3 Å². The van der Waals surface area contributed by atoms with Gasteiger partial charge in [-0.25, -0.2) is 4.79 Å². The van der Waals surface area contributed by atoms with E-state index in [1.54, 1.807) is 114 Å². The van der Waals surface area contributed by atoms with Crippen LogP contribution in [0, 0.1) is 23.7 Å². The van der Waals surface area contributed by atoms with Crippen LogP contribution in [0.1, 0.15) is 122 Å². The molecule has 0 bridgehead atoms. The van der Waals surface area contributed by atoms with Gasteiger partial charge in [0, 0.05) is 34.6 Å².